The first kappa shape index (κ1) is 88.0. The molecule has 0 bridgehead atoms. The van der Waals surface area contributed by atoms with Gasteiger partial charge in [-0.05, 0) is 75.6 Å². The Morgan fingerprint density at radius 3 is 0.875 bits per heavy atom. The van der Waals surface area contributed by atoms with E-state index in [1.54, 1.807) is 23.5 Å². The molecular formula is C36H80Cl2K2N8O14S2. The smallest absolute Gasteiger partial charge is 1.00 e. The predicted molar refractivity (Wildman–Crippen MR) is 231 cm³/mol. The molecule has 18 N–H and O–H groups in total. The Hall–Kier alpha value is 0.973. The molecule has 0 aliphatic rings. The summed E-state index contributed by atoms with van der Waals surface area (Å²) in [6.45, 7) is 2.06. The van der Waals surface area contributed by atoms with Crippen LogP contribution in [0, 0.1) is 0 Å². The standard InChI is InChI=1S/2C7H15NO3.2C6H14N2O2.2C5H11NO2S.2ClH.2K/c2*1-8(2,3)5-6(9)4-7(10)11;2*7-4-2-1-3-5(8)6(9)10;2*1-9-3-2-4(6)5(7)8;;;;/h2*6,9H,4-5H2,1-3H3;2*5H,1-4,7-8H2,(H,9,10);2*4H,2-3,6H2,1H3,(H,7,8);2*1H;;/q;;;;;;;;2*+1/p-2/t2*6-;2*5-;;;;;;/m1100....../s1. The Morgan fingerprint density at radius 1 is 0.500 bits per heavy atom. The van der Waals surface area contributed by atoms with Crippen molar-refractivity contribution in [1.29, 1.82) is 0 Å². The van der Waals surface area contributed by atoms with Gasteiger partial charge in [-0.25, -0.2) is 0 Å². The van der Waals surface area contributed by atoms with Crippen LogP contribution >= 0.6 is 23.5 Å². The molecule has 0 radical (unpaired) electrons. The van der Waals surface area contributed by atoms with Crippen molar-refractivity contribution in [3.8, 4) is 0 Å². The van der Waals surface area contributed by atoms with Crippen molar-refractivity contribution in [1.82, 2.24) is 0 Å². The topological polar surface area (TPSA) is 426 Å². The van der Waals surface area contributed by atoms with E-state index in [0.29, 0.717) is 60.8 Å². The fourth-order valence-electron chi connectivity index (χ4n) is 3.78. The number of thioether (sulfide) groups is 2. The van der Waals surface area contributed by atoms with E-state index in [1.165, 1.54) is 0 Å². The van der Waals surface area contributed by atoms with Crippen molar-refractivity contribution in [3.05, 3.63) is 0 Å². The molecule has 0 spiro atoms. The maximum Gasteiger partial charge on any atom is 1.00 e. The summed E-state index contributed by atoms with van der Waals surface area (Å²) < 4.78 is 1.10. The second-order valence-corrected chi connectivity index (χ2v) is 17.3. The van der Waals surface area contributed by atoms with E-state index in [0.717, 1.165) is 37.2 Å². The average Bonchev–Trinajstić information content (AvgIpc) is 3.08. The molecule has 22 nitrogen and oxygen atoms in total. The first-order valence-corrected chi connectivity index (χ1v) is 21.8. The monoisotopic (exact) mass is 1060 g/mol. The number of quaternary nitrogens is 2. The fourth-order valence-corrected chi connectivity index (χ4v) is 4.76. The first-order valence-electron chi connectivity index (χ1n) is 19.0. The average molecular weight is 1060 g/mol. The second kappa shape index (κ2) is 56.6. The third-order valence-electron chi connectivity index (χ3n) is 6.79. The first-order chi connectivity index (χ1) is 27.3. The van der Waals surface area contributed by atoms with E-state index in [2.05, 4.69) is 0 Å². The number of nitrogens with two attached hydrogens (primary N) is 6. The molecule has 0 aromatic carbocycles. The van der Waals surface area contributed by atoms with E-state index in [4.69, 9.17) is 65.0 Å². The molecule has 0 fully saturated rings. The Kier molecular flexibility index (Phi) is 77.8. The van der Waals surface area contributed by atoms with Crippen LogP contribution < -0.4 is 172 Å². The molecule has 64 heavy (non-hydrogen) atoms. The van der Waals surface area contributed by atoms with Crippen molar-refractivity contribution in [2.75, 3.05) is 92.5 Å². The minimum atomic E-state index is -1.20. The van der Waals surface area contributed by atoms with Gasteiger partial charge in [-0.1, -0.05) is 12.8 Å². The molecule has 0 aromatic rings. The van der Waals surface area contributed by atoms with Crippen LogP contribution in [0.3, 0.4) is 0 Å². The number of hydrogen-bond acceptors (Lipinski definition) is 18. The molecule has 0 aliphatic heterocycles. The van der Waals surface area contributed by atoms with Gasteiger partial charge in [0.25, 0.3) is 0 Å². The maximum absolute atomic E-state index is 10.1. The van der Waals surface area contributed by atoms with Crippen molar-refractivity contribution in [2.45, 2.75) is 101 Å². The molecule has 0 rings (SSSR count). The SMILES string of the molecule is CSCCC(N)C(=O)O.CSCCC(N)C(=O)O.C[N+](C)(C)C[C@H](O)CC(=O)[O-].C[N+](C)(C)C[C@H](O)CC(=O)[O-].NCCCC[C@H](N)C(=O)O.NCCCC[C@H](N)C(=O)O.[Cl-].[Cl-].[K+].[K+]. The van der Waals surface area contributed by atoms with Gasteiger partial charge in [-0.3, -0.25) is 19.2 Å². The minimum Gasteiger partial charge on any atom is -1.00 e. The largest absolute Gasteiger partial charge is 1.00 e. The van der Waals surface area contributed by atoms with Crippen molar-refractivity contribution in [2.24, 2.45) is 34.4 Å². The molecule has 6 atom stereocenters. The van der Waals surface area contributed by atoms with Crippen LogP contribution in [0.15, 0.2) is 0 Å². The summed E-state index contributed by atoms with van der Waals surface area (Å²) in [4.78, 5) is 60.5. The van der Waals surface area contributed by atoms with Crippen LogP contribution in [0.2, 0.25) is 0 Å². The molecule has 2 unspecified atom stereocenters. The van der Waals surface area contributed by atoms with Crippen molar-refractivity contribution in [3.63, 3.8) is 0 Å². The number of aliphatic hydroxyl groups excluding tert-OH is 2. The Morgan fingerprint density at radius 2 is 0.719 bits per heavy atom. The van der Waals surface area contributed by atoms with Crippen molar-refractivity contribution < 1.29 is 206 Å². The van der Waals surface area contributed by atoms with Crippen LogP contribution in [0.5, 0.6) is 0 Å². The minimum absolute atomic E-state index is 0. The molecule has 28 heteroatoms. The van der Waals surface area contributed by atoms with Crippen LogP contribution in [-0.4, -0.2) is 204 Å². The summed E-state index contributed by atoms with van der Waals surface area (Å²) in [6.07, 6.45) is 7.11. The quantitative estimate of drug-likeness (QED) is 0.0217. The van der Waals surface area contributed by atoms with Crippen LogP contribution in [0.25, 0.3) is 0 Å². The summed E-state index contributed by atoms with van der Waals surface area (Å²) >= 11 is 3.21. The molecule has 0 heterocycles. The summed E-state index contributed by atoms with van der Waals surface area (Å²) in [6, 6.07) is -2.80. The van der Waals surface area contributed by atoms with Gasteiger partial charge >= 0.3 is 127 Å². The van der Waals surface area contributed by atoms with Gasteiger partial charge in [0.1, 0.15) is 49.5 Å². The van der Waals surface area contributed by atoms with Gasteiger partial charge in [0.15, 0.2) is 0 Å². The molecule has 0 saturated heterocycles. The zero-order chi connectivity index (χ0) is 48.7. The molecule has 0 saturated carbocycles. The number of hydrogen-bond donors (Lipinski definition) is 12. The summed E-state index contributed by atoms with van der Waals surface area (Å²) in [5.41, 5.74) is 31.2. The number of halogens is 2. The van der Waals surface area contributed by atoms with Crippen LogP contribution in [-0.2, 0) is 28.8 Å². The number of unbranched alkanes of at least 4 members (excludes halogenated alkanes) is 2. The molecule has 0 amide bonds. The Balaban J connectivity index is -0.0000000676. The zero-order valence-electron chi connectivity index (χ0n) is 39.7. The Labute approximate surface area is 486 Å². The number of nitrogens with zero attached hydrogens (tertiary/aromatic N) is 2. The maximum atomic E-state index is 10.1. The zero-order valence-corrected chi connectivity index (χ0v) is 49.0. The van der Waals surface area contributed by atoms with Gasteiger partial charge in [0, 0.05) is 24.8 Å². The number of carbonyl (C=O) groups excluding carboxylic acids is 2. The number of rotatable bonds is 26. The number of likely N-dealkylation sites (N-methyl/N-ethyl adjacent to an activating group) is 2. The van der Waals surface area contributed by atoms with Gasteiger partial charge in [0.05, 0.1) is 42.3 Å². The second-order valence-electron chi connectivity index (χ2n) is 15.3. The van der Waals surface area contributed by atoms with E-state index < -0.39 is 72.2 Å². The van der Waals surface area contributed by atoms with Gasteiger partial charge in [-0.15, -0.1) is 0 Å². The van der Waals surface area contributed by atoms with Crippen molar-refractivity contribution >= 4 is 59.3 Å². The number of carbonyl (C=O) groups is 6. The number of aliphatic carboxylic acids is 6. The number of aliphatic hydroxyl groups is 2. The fraction of sp³-hybridized carbons (Fsp3) is 0.833. The number of carboxylic acid groups (broad SMARTS) is 6. The molecule has 0 aliphatic carbocycles. The molecule has 376 valence electrons. The molecule has 0 aromatic heterocycles. The van der Waals surface area contributed by atoms with Gasteiger partial charge in [0.2, 0.25) is 0 Å². The van der Waals surface area contributed by atoms with Crippen LogP contribution in [0.1, 0.15) is 64.2 Å². The van der Waals surface area contributed by atoms with E-state index in [9.17, 15) is 39.0 Å². The normalized spacial score (nSPS) is 12.8. The summed E-state index contributed by atoms with van der Waals surface area (Å²) in [7, 11) is 11.3. The Bertz CT molecular complexity index is 1060. The van der Waals surface area contributed by atoms with E-state index >= 15 is 0 Å². The summed E-state index contributed by atoms with van der Waals surface area (Å²) in [5, 5.41) is 71.5. The predicted octanol–water partition coefficient (Wildman–Crippen LogP) is -16.2. The summed E-state index contributed by atoms with van der Waals surface area (Å²) in [5.74, 6) is -4.47. The number of carboxylic acids is 6. The van der Waals surface area contributed by atoms with Crippen LogP contribution in [0.4, 0.5) is 0 Å². The molecular weight excluding hydrogens is 982 g/mol. The van der Waals surface area contributed by atoms with Gasteiger partial charge < -0.3 is 119 Å². The van der Waals surface area contributed by atoms with Gasteiger partial charge in [-0.2, -0.15) is 23.5 Å². The van der Waals surface area contributed by atoms with E-state index in [-0.39, 0.29) is 140 Å². The third kappa shape index (κ3) is 86.2. The third-order valence-corrected chi connectivity index (χ3v) is 8.08. The van der Waals surface area contributed by atoms with E-state index in [1.807, 2.05) is 54.8 Å².